The Morgan fingerprint density at radius 1 is 1.30 bits per heavy atom. The maximum Gasteiger partial charge on any atom is 0.257 e. The minimum Gasteiger partial charge on any atom is -0.343 e. The summed E-state index contributed by atoms with van der Waals surface area (Å²) in [6, 6.07) is 3.51. The van der Waals surface area contributed by atoms with Gasteiger partial charge >= 0.3 is 0 Å². The predicted octanol–water partition coefficient (Wildman–Crippen LogP) is 0.842. The molecule has 1 saturated heterocycles. The molecule has 30 heavy (non-hydrogen) atoms. The summed E-state index contributed by atoms with van der Waals surface area (Å²) < 4.78 is 3.60. The van der Waals surface area contributed by atoms with Gasteiger partial charge in [0, 0.05) is 39.1 Å². The smallest absolute Gasteiger partial charge is 0.257 e. The first-order valence-corrected chi connectivity index (χ1v) is 10.0. The van der Waals surface area contributed by atoms with Crippen molar-refractivity contribution in [3.63, 3.8) is 0 Å². The molecule has 0 aromatic carbocycles. The summed E-state index contributed by atoms with van der Waals surface area (Å²) in [5.41, 5.74) is 1.98. The quantitative estimate of drug-likeness (QED) is 0.666. The summed E-state index contributed by atoms with van der Waals surface area (Å²) in [7, 11) is 1.77. The number of aromatic nitrogens is 4. The summed E-state index contributed by atoms with van der Waals surface area (Å²) in [4.78, 5) is 32.0. The van der Waals surface area contributed by atoms with Crippen LogP contribution >= 0.6 is 0 Å². The van der Waals surface area contributed by atoms with Gasteiger partial charge in [-0.25, -0.2) is 4.98 Å². The number of rotatable bonds is 4. The van der Waals surface area contributed by atoms with Crippen molar-refractivity contribution in [1.82, 2.24) is 34.7 Å². The van der Waals surface area contributed by atoms with Crippen LogP contribution in [0.25, 0.3) is 5.52 Å². The average Bonchev–Trinajstić information content (AvgIpc) is 3.35. The van der Waals surface area contributed by atoms with E-state index in [9.17, 15) is 9.59 Å². The number of aryl methyl sites for hydroxylation is 2. The number of amides is 2. The summed E-state index contributed by atoms with van der Waals surface area (Å²) in [5, 5.41) is 10.4. The summed E-state index contributed by atoms with van der Waals surface area (Å²) in [6.07, 6.45) is 7.01. The van der Waals surface area contributed by atoms with Crippen molar-refractivity contribution in [1.29, 1.82) is 0 Å². The van der Waals surface area contributed by atoms with Crippen molar-refractivity contribution in [2.75, 3.05) is 19.6 Å². The minimum atomic E-state index is -0.686. The van der Waals surface area contributed by atoms with Gasteiger partial charge in [0.1, 0.15) is 11.9 Å². The third kappa shape index (κ3) is 3.68. The number of carbonyl (C=O) groups excluding carboxylic acids is 2. The molecule has 1 atom stereocenters. The van der Waals surface area contributed by atoms with E-state index in [-0.39, 0.29) is 11.8 Å². The second kappa shape index (κ2) is 7.56. The van der Waals surface area contributed by atoms with E-state index in [4.69, 9.17) is 0 Å². The van der Waals surface area contributed by atoms with E-state index in [1.165, 1.54) is 0 Å². The van der Waals surface area contributed by atoms with Crippen LogP contribution in [0.15, 0.2) is 36.9 Å². The third-order valence-electron chi connectivity index (χ3n) is 5.51. The summed E-state index contributed by atoms with van der Waals surface area (Å²) in [5.74, 6) is 0.484. The van der Waals surface area contributed by atoms with Crippen LogP contribution in [0.3, 0.4) is 0 Å². The van der Waals surface area contributed by atoms with Crippen molar-refractivity contribution in [3.8, 4) is 0 Å². The van der Waals surface area contributed by atoms with Crippen LogP contribution in [0.1, 0.15) is 35.6 Å². The molecule has 1 aliphatic rings. The first-order chi connectivity index (χ1) is 14.3. The second-order valence-corrected chi connectivity index (χ2v) is 8.30. The number of hydrogen-bond acceptors (Lipinski definition) is 5. The normalized spacial score (nSPS) is 17.3. The number of pyridine rings is 1. The molecule has 1 fully saturated rings. The maximum atomic E-state index is 13.1. The number of carbonyl (C=O) groups is 2. The Morgan fingerprint density at radius 2 is 2.10 bits per heavy atom. The molecule has 0 radical (unpaired) electrons. The van der Waals surface area contributed by atoms with E-state index < -0.39 is 11.6 Å². The molecule has 3 aromatic rings. The lowest BCUT2D eigenvalue weighted by atomic mass is 10.0. The number of fused-ring (bicyclic) bond motifs is 1. The third-order valence-corrected chi connectivity index (χ3v) is 5.51. The molecule has 2 amide bonds. The van der Waals surface area contributed by atoms with Gasteiger partial charge < -0.3 is 19.9 Å². The van der Waals surface area contributed by atoms with Gasteiger partial charge in [-0.2, -0.15) is 5.10 Å². The lowest BCUT2D eigenvalue weighted by Gasteiger charge is -2.35. The van der Waals surface area contributed by atoms with Crippen LogP contribution in [0.4, 0.5) is 0 Å². The molecule has 0 saturated carbocycles. The van der Waals surface area contributed by atoms with E-state index in [2.05, 4.69) is 20.7 Å². The molecule has 9 heteroatoms. The Morgan fingerprint density at radius 3 is 2.83 bits per heavy atom. The topological polar surface area (TPSA) is 96.6 Å². The highest BCUT2D eigenvalue weighted by molar-refractivity contribution is 5.94. The monoisotopic (exact) mass is 409 g/mol. The van der Waals surface area contributed by atoms with Crippen molar-refractivity contribution in [2.45, 2.75) is 32.4 Å². The summed E-state index contributed by atoms with van der Waals surface area (Å²) in [6.45, 7) is 7.30. The fraction of sp³-hybridized carbons (Fsp3) is 0.429. The van der Waals surface area contributed by atoms with Gasteiger partial charge in [0.2, 0.25) is 5.91 Å². The van der Waals surface area contributed by atoms with E-state index in [1.54, 1.807) is 29.0 Å². The first kappa shape index (κ1) is 20.1. The lowest BCUT2D eigenvalue weighted by Crippen LogP contribution is -2.60. The molecule has 2 N–H and O–H groups in total. The average molecular weight is 409 g/mol. The van der Waals surface area contributed by atoms with E-state index >= 15 is 0 Å². The van der Waals surface area contributed by atoms with Crippen LogP contribution in [-0.2, 0) is 17.4 Å². The van der Waals surface area contributed by atoms with Crippen LogP contribution in [-0.4, -0.2) is 61.6 Å². The molecule has 0 bridgehead atoms. The maximum absolute atomic E-state index is 13.1. The highest BCUT2D eigenvalue weighted by atomic mass is 16.2. The summed E-state index contributed by atoms with van der Waals surface area (Å²) >= 11 is 0. The fourth-order valence-electron chi connectivity index (χ4n) is 3.90. The number of nitrogens with zero attached hydrogens (tertiary/aromatic N) is 5. The van der Waals surface area contributed by atoms with Crippen LogP contribution in [0, 0.1) is 6.92 Å². The van der Waals surface area contributed by atoms with Gasteiger partial charge in [-0.15, -0.1) is 0 Å². The largest absolute Gasteiger partial charge is 0.343 e. The Bertz CT molecular complexity index is 1100. The molecule has 1 aliphatic heterocycles. The van der Waals surface area contributed by atoms with Crippen molar-refractivity contribution >= 4 is 17.3 Å². The van der Waals surface area contributed by atoms with Gasteiger partial charge in [-0.1, -0.05) is 6.07 Å². The highest BCUT2D eigenvalue weighted by Gasteiger charge is 2.34. The molecule has 9 nitrogen and oxygen atoms in total. The Kier molecular flexibility index (Phi) is 5.07. The molecular weight excluding hydrogens is 382 g/mol. The molecule has 158 valence electrons. The van der Waals surface area contributed by atoms with Gasteiger partial charge in [0.05, 0.1) is 29.0 Å². The van der Waals surface area contributed by atoms with E-state index in [0.29, 0.717) is 25.2 Å². The second-order valence-electron chi connectivity index (χ2n) is 8.30. The van der Waals surface area contributed by atoms with Crippen LogP contribution in [0.5, 0.6) is 0 Å². The Balaban J connectivity index is 1.48. The SMILES string of the molecule is Cc1cccn2c(C(C)(C)NC(=O)[C@@H]3CN(C(=O)c4cnn(C)c4)CCN3)ncc12. The van der Waals surface area contributed by atoms with Crippen molar-refractivity contribution in [2.24, 2.45) is 7.05 Å². The molecular formula is C21H27N7O2. The fourth-order valence-corrected chi connectivity index (χ4v) is 3.90. The minimum absolute atomic E-state index is 0.114. The van der Waals surface area contributed by atoms with Crippen molar-refractivity contribution < 1.29 is 9.59 Å². The van der Waals surface area contributed by atoms with Crippen molar-refractivity contribution in [3.05, 3.63) is 53.9 Å². The Labute approximate surface area is 175 Å². The standard InChI is InChI=1S/C21H27N7O2/c1-14-6-5-8-28-17(14)11-23-20(28)21(2,3)25-18(29)16-13-27(9-7-22-16)19(30)15-10-24-26(4)12-15/h5-6,8,10-12,16,22H,7,9,13H2,1-4H3,(H,25,29)/t16-/m0/s1. The number of piperazine rings is 1. The van der Waals surface area contributed by atoms with Gasteiger partial charge in [-0.05, 0) is 32.4 Å². The zero-order valence-electron chi connectivity index (χ0n) is 17.7. The molecule has 4 heterocycles. The van der Waals surface area contributed by atoms with Gasteiger partial charge in [-0.3, -0.25) is 14.3 Å². The number of imidazole rings is 1. The zero-order chi connectivity index (χ0) is 21.5. The molecule has 3 aromatic heterocycles. The molecule has 0 spiro atoms. The van der Waals surface area contributed by atoms with E-state index in [1.807, 2.05) is 49.7 Å². The molecule has 0 unspecified atom stereocenters. The van der Waals surface area contributed by atoms with Gasteiger partial charge in [0.25, 0.3) is 5.91 Å². The van der Waals surface area contributed by atoms with Gasteiger partial charge in [0.15, 0.2) is 0 Å². The highest BCUT2D eigenvalue weighted by Crippen LogP contribution is 2.22. The number of hydrogen-bond donors (Lipinski definition) is 2. The van der Waals surface area contributed by atoms with Crippen LogP contribution < -0.4 is 10.6 Å². The molecule has 4 rings (SSSR count). The first-order valence-electron chi connectivity index (χ1n) is 10.0. The van der Waals surface area contributed by atoms with E-state index in [0.717, 1.165) is 16.9 Å². The Hall–Kier alpha value is -3.20. The zero-order valence-corrected chi connectivity index (χ0v) is 17.7. The molecule has 0 aliphatic carbocycles. The predicted molar refractivity (Wildman–Crippen MR) is 112 cm³/mol. The number of nitrogens with one attached hydrogen (secondary N) is 2. The lowest BCUT2D eigenvalue weighted by molar-refractivity contribution is -0.125. The van der Waals surface area contributed by atoms with Crippen LogP contribution in [0.2, 0.25) is 0 Å².